The van der Waals surface area contributed by atoms with Gasteiger partial charge in [0.05, 0.1) is 16.5 Å². The van der Waals surface area contributed by atoms with Crippen LogP contribution in [0.5, 0.6) is 5.75 Å². The Balaban J connectivity index is 1.70. The Morgan fingerprint density at radius 3 is 2.56 bits per heavy atom. The van der Waals surface area contributed by atoms with Crippen LogP contribution in [-0.4, -0.2) is 49.4 Å². The number of ether oxygens (including phenoxy) is 1. The van der Waals surface area contributed by atoms with E-state index in [0.717, 1.165) is 31.7 Å². The van der Waals surface area contributed by atoms with Crippen molar-refractivity contribution in [3.05, 3.63) is 29.0 Å². The molecule has 5 nitrogen and oxygen atoms in total. The van der Waals surface area contributed by atoms with Crippen LogP contribution in [0.4, 0.5) is 4.39 Å². The molecule has 1 saturated heterocycles. The van der Waals surface area contributed by atoms with Crippen molar-refractivity contribution in [2.75, 3.05) is 18.1 Å². The normalized spacial score (nSPS) is 22.9. The average Bonchev–Trinajstić information content (AvgIpc) is 3.17. The topological polar surface area (TPSA) is 63.7 Å². The molecule has 1 aromatic carbocycles. The van der Waals surface area contributed by atoms with Gasteiger partial charge < -0.3 is 9.64 Å². The number of sulfone groups is 1. The van der Waals surface area contributed by atoms with Crippen LogP contribution in [0.3, 0.4) is 0 Å². The van der Waals surface area contributed by atoms with Gasteiger partial charge in [0.25, 0.3) is 5.91 Å². The standard InChI is InChI=1S/C17H21ClFNO4S/c18-15-9-12(19)5-6-16(15)24-10-17(21)20(13-3-1-2-4-13)14-7-8-25(22,23)11-14/h5-6,9,13-14H,1-4,7-8,10-11H2/t14-/m1/s1. The molecule has 2 fully saturated rings. The van der Waals surface area contributed by atoms with Crippen LogP contribution >= 0.6 is 11.6 Å². The van der Waals surface area contributed by atoms with Crippen molar-refractivity contribution in [3.8, 4) is 5.75 Å². The Morgan fingerprint density at radius 1 is 1.24 bits per heavy atom. The van der Waals surface area contributed by atoms with Crippen molar-refractivity contribution in [2.45, 2.75) is 44.2 Å². The van der Waals surface area contributed by atoms with Gasteiger partial charge in [-0.2, -0.15) is 0 Å². The van der Waals surface area contributed by atoms with Gasteiger partial charge in [-0.3, -0.25) is 4.79 Å². The van der Waals surface area contributed by atoms with Crippen LogP contribution in [0.15, 0.2) is 18.2 Å². The highest BCUT2D eigenvalue weighted by Gasteiger charge is 2.39. The molecule has 25 heavy (non-hydrogen) atoms. The van der Waals surface area contributed by atoms with E-state index >= 15 is 0 Å². The lowest BCUT2D eigenvalue weighted by atomic mass is 10.1. The Morgan fingerprint density at radius 2 is 1.96 bits per heavy atom. The summed E-state index contributed by atoms with van der Waals surface area (Å²) in [6.07, 6.45) is 4.33. The average molecular weight is 390 g/mol. The molecule has 0 bridgehead atoms. The van der Waals surface area contributed by atoms with Gasteiger partial charge in [0, 0.05) is 12.1 Å². The molecular formula is C17H21ClFNO4S. The van der Waals surface area contributed by atoms with E-state index < -0.39 is 15.7 Å². The predicted octanol–water partition coefficient (Wildman–Crippen LogP) is 2.82. The molecule has 0 aromatic heterocycles. The van der Waals surface area contributed by atoms with Gasteiger partial charge in [0.2, 0.25) is 0 Å². The van der Waals surface area contributed by atoms with E-state index in [1.807, 2.05) is 0 Å². The van der Waals surface area contributed by atoms with Crippen LogP contribution in [0.1, 0.15) is 32.1 Å². The largest absolute Gasteiger partial charge is 0.482 e. The number of halogens is 2. The molecule has 0 radical (unpaired) electrons. The molecule has 3 rings (SSSR count). The first-order valence-corrected chi connectivity index (χ1v) is 10.6. The molecule has 0 unspecified atom stereocenters. The minimum atomic E-state index is -3.08. The fourth-order valence-corrected chi connectivity index (χ4v) is 5.62. The Hall–Kier alpha value is -1.34. The minimum Gasteiger partial charge on any atom is -0.482 e. The summed E-state index contributed by atoms with van der Waals surface area (Å²) < 4.78 is 42.2. The maximum absolute atomic E-state index is 13.1. The molecule has 8 heteroatoms. The first kappa shape index (κ1) is 18.5. The van der Waals surface area contributed by atoms with Crippen LogP contribution < -0.4 is 4.74 Å². The quantitative estimate of drug-likeness (QED) is 0.776. The second kappa shape index (κ2) is 7.50. The van der Waals surface area contributed by atoms with Crippen molar-refractivity contribution in [1.82, 2.24) is 4.90 Å². The molecule has 2 aliphatic rings. The summed E-state index contributed by atoms with van der Waals surface area (Å²) in [4.78, 5) is 14.5. The number of carbonyl (C=O) groups is 1. The van der Waals surface area contributed by atoms with E-state index in [-0.39, 0.29) is 46.9 Å². The van der Waals surface area contributed by atoms with E-state index in [2.05, 4.69) is 0 Å². The number of carbonyl (C=O) groups excluding carboxylic acids is 1. The number of hydrogen-bond acceptors (Lipinski definition) is 4. The van der Waals surface area contributed by atoms with Crippen molar-refractivity contribution in [3.63, 3.8) is 0 Å². The first-order valence-electron chi connectivity index (χ1n) is 8.45. The van der Waals surface area contributed by atoms with E-state index in [9.17, 15) is 17.6 Å². The highest BCUT2D eigenvalue weighted by atomic mass is 35.5. The summed E-state index contributed by atoms with van der Waals surface area (Å²) in [6.45, 7) is -0.238. The van der Waals surface area contributed by atoms with Gasteiger partial charge in [-0.1, -0.05) is 24.4 Å². The van der Waals surface area contributed by atoms with Gasteiger partial charge in [0.1, 0.15) is 11.6 Å². The second-order valence-corrected chi connectivity index (χ2v) is 9.30. The molecule has 1 amide bonds. The van der Waals surface area contributed by atoms with Crippen LogP contribution in [0.2, 0.25) is 5.02 Å². The SMILES string of the molecule is O=C(COc1ccc(F)cc1Cl)N(C1CCCC1)[C@@H]1CCS(=O)(=O)C1. The zero-order chi connectivity index (χ0) is 18.0. The molecule has 1 aromatic rings. The van der Waals surface area contributed by atoms with Gasteiger partial charge in [-0.15, -0.1) is 0 Å². The molecule has 138 valence electrons. The zero-order valence-electron chi connectivity index (χ0n) is 13.8. The number of hydrogen-bond donors (Lipinski definition) is 0. The molecule has 1 atom stereocenters. The maximum Gasteiger partial charge on any atom is 0.261 e. The summed E-state index contributed by atoms with van der Waals surface area (Å²) in [7, 11) is -3.08. The molecule has 1 heterocycles. The van der Waals surface area contributed by atoms with Crippen LogP contribution in [0, 0.1) is 5.82 Å². The van der Waals surface area contributed by atoms with Crippen molar-refractivity contribution >= 4 is 27.3 Å². The lowest BCUT2D eigenvalue weighted by Crippen LogP contribution is -2.48. The summed E-state index contributed by atoms with van der Waals surface area (Å²) in [5.74, 6) is -0.339. The van der Waals surface area contributed by atoms with Crippen LogP contribution in [-0.2, 0) is 14.6 Å². The Kier molecular flexibility index (Phi) is 5.53. The van der Waals surface area contributed by atoms with E-state index in [0.29, 0.717) is 6.42 Å². The third-order valence-corrected chi connectivity index (χ3v) is 6.90. The maximum atomic E-state index is 13.1. The fourth-order valence-electron chi connectivity index (χ4n) is 3.69. The molecule has 0 N–H and O–H groups in total. The second-order valence-electron chi connectivity index (χ2n) is 6.66. The lowest BCUT2D eigenvalue weighted by Gasteiger charge is -2.34. The molecule has 1 saturated carbocycles. The third kappa shape index (κ3) is 4.44. The number of nitrogens with zero attached hydrogens (tertiary/aromatic N) is 1. The summed E-state index contributed by atoms with van der Waals surface area (Å²) in [5, 5.41) is 0.101. The molecule has 0 spiro atoms. The summed E-state index contributed by atoms with van der Waals surface area (Å²) >= 11 is 5.91. The minimum absolute atomic E-state index is 0.0204. The van der Waals surface area contributed by atoms with Gasteiger partial charge in [-0.05, 0) is 37.5 Å². The van der Waals surface area contributed by atoms with Crippen LogP contribution in [0.25, 0.3) is 0 Å². The first-order chi connectivity index (χ1) is 11.9. The van der Waals surface area contributed by atoms with Crippen molar-refractivity contribution in [2.24, 2.45) is 0 Å². The van der Waals surface area contributed by atoms with Gasteiger partial charge in [-0.25, -0.2) is 12.8 Å². The molecule has 1 aliphatic heterocycles. The molecular weight excluding hydrogens is 369 g/mol. The molecule has 1 aliphatic carbocycles. The lowest BCUT2D eigenvalue weighted by molar-refractivity contribution is -0.137. The van der Waals surface area contributed by atoms with Gasteiger partial charge in [0.15, 0.2) is 16.4 Å². The number of amides is 1. The highest BCUT2D eigenvalue weighted by molar-refractivity contribution is 7.91. The smallest absolute Gasteiger partial charge is 0.261 e. The third-order valence-electron chi connectivity index (χ3n) is 4.85. The van der Waals surface area contributed by atoms with E-state index in [1.54, 1.807) is 4.90 Å². The Labute approximate surface area is 152 Å². The summed E-state index contributed by atoms with van der Waals surface area (Å²) in [5.41, 5.74) is 0. The van der Waals surface area contributed by atoms with Crippen molar-refractivity contribution < 1.29 is 22.3 Å². The van der Waals surface area contributed by atoms with Gasteiger partial charge >= 0.3 is 0 Å². The number of benzene rings is 1. The Bertz CT molecular complexity index is 749. The monoisotopic (exact) mass is 389 g/mol. The number of rotatable bonds is 5. The van der Waals surface area contributed by atoms with E-state index in [4.69, 9.17) is 16.3 Å². The summed E-state index contributed by atoms with van der Waals surface area (Å²) in [6, 6.07) is 3.50. The van der Waals surface area contributed by atoms with Crippen molar-refractivity contribution in [1.29, 1.82) is 0 Å². The van der Waals surface area contributed by atoms with E-state index in [1.165, 1.54) is 12.1 Å². The predicted molar refractivity (Wildman–Crippen MR) is 93.1 cm³/mol. The highest BCUT2D eigenvalue weighted by Crippen LogP contribution is 2.30. The zero-order valence-corrected chi connectivity index (χ0v) is 15.4. The fraction of sp³-hybridized carbons (Fsp3) is 0.588.